The van der Waals surface area contributed by atoms with Gasteiger partial charge in [0, 0.05) is 17.0 Å². The molecular formula is C8H12N2O2S. The summed E-state index contributed by atoms with van der Waals surface area (Å²) in [4.78, 5) is 11.9. The molecule has 0 aromatic carbocycles. The second kappa shape index (κ2) is 4.34. The van der Waals surface area contributed by atoms with Crippen molar-refractivity contribution in [3.05, 3.63) is 16.1 Å². The Morgan fingerprint density at radius 1 is 1.62 bits per heavy atom. The Morgan fingerprint density at radius 3 is 2.77 bits per heavy atom. The number of hydrogen-bond acceptors (Lipinski definition) is 4. The van der Waals surface area contributed by atoms with Crippen LogP contribution in [0.3, 0.4) is 0 Å². The van der Waals surface area contributed by atoms with Crippen LogP contribution in [0.1, 0.15) is 16.1 Å². The van der Waals surface area contributed by atoms with Gasteiger partial charge in [0.05, 0.1) is 5.69 Å². The number of carbonyl (C=O) groups excluding carboxylic acids is 1. The molecule has 72 valence electrons. The lowest BCUT2D eigenvalue weighted by Crippen LogP contribution is -2.25. The molecule has 0 atom stereocenters. The maximum atomic E-state index is 10.8. The number of hydrogen-bond donors (Lipinski definition) is 2. The Morgan fingerprint density at radius 2 is 2.31 bits per heavy atom. The molecule has 0 aliphatic rings. The van der Waals surface area contributed by atoms with Gasteiger partial charge in [-0.25, -0.2) is 0 Å². The molecule has 1 heterocycles. The number of nitrogens with one attached hydrogen (secondary N) is 1. The van der Waals surface area contributed by atoms with E-state index in [9.17, 15) is 4.79 Å². The van der Waals surface area contributed by atoms with Crippen molar-refractivity contribution in [1.82, 2.24) is 9.69 Å². The quantitative estimate of drug-likeness (QED) is 0.741. The summed E-state index contributed by atoms with van der Waals surface area (Å²) in [6.07, 6.45) is 0. The van der Waals surface area contributed by atoms with E-state index >= 15 is 0 Å². The van der Waals surface area contributed by atoms with Crippen molar-refractivity contribution in [2.75, 3.05) is 6.61 Å². The predicted molar refractivity (Wildman–Crippen MR) is 50.5 cm³/mol. The Bertz CT molecular complexity index is 290. The normalized spacial score (nSPS) is 10.1. The van der Waals surface area contributed by atoms with Crippen LogP contribution in [0.4, 0.5) is 0 Å². The van der Waals surface area contributed by atoms with Gasteiger partial charge in [0.15, 0.2) is 0 Å². The highest BCUT2D eigenvalue weighted by atomic mass is 32.1. The van der Waals surface area contributed by atoms with Crippen LogP contribution in [0, 0.1) is 13.8 Å². The number of nitrogens with zero attached hydrogens (tertiary/aromatic N) is 1. The van der Waals surface area contributed by atoms with Crippen LogP contribution >= 0.6 is 11.5 Å². The van der Waals surface area contributed by atoms with E-state index in [-0.39, 0.29) is 5.91 Å². The van der Waals surface area contributed by atoms with Gasteiger partial charge in [-0.05, 0) is 25.4 Å². The molecule has 2 N–H and O–H groups in total. The zero-order valence-corrected chi connectivity index (χ0v) is 8.44. The van der Waals surface area contributed by atoms with Crippen LogP contribution < -0.4 is 5.32 Å². The third-order valence-electron chi connectivity index (χ3n) is 1.79. The molecule has 0 saturated heterocycles. The van der Waals surface area contributed by atoms with Crippen molar-refractivity contribution in [2.24, 2.45) is 0 Å². The number of aliphatic hydroxyl groups is 1. The SMILES string of the molecule is Cc1nsc(C)c1CNC(=O)CO. The zero-order chi connectivity index (χ0) is 9.84. The molecule has 0 unspecified atom stereocenters. The van der Waals surface area contributed by atoms with Gasteiger partial charge >= 0.3 is 0 Å². The molecule has 1 aromatic rings. The third-order valence-corrected chi connectivity index (χ3v) is 2.67. The van der Waals surface area contributed by atoms with Crippen LogP contribution in [0.25, 0.3) is 0 Å². The average molecular weight is 200 g/mol. The number of rotatable bonds is 3. The molecule has 0 spiro atoms. The summed E-state index contributed by atoms with van der Waals surface area (Å²) in [5.41, 5.74) is 1.99. The van der Waals surface area contributed by atoms with Crippen LogP contribution in [0.5, 0.6) is 0 Å². The summed E-state index contributed by atoms with van der Waals surface area (Å²) in [6.45, 7) is 3.86. The van der Waals surface area contributed by atoms with Gasteiger partial charge in [-0.3, -0.25) is 4.79 Å². The molecule has 13 heavy (non-hydrogen) atoms. The van der Waals surface area contributed by atoms with Gasteiger partial charge in [-0.1, -0.05) is 0 Å². The fourth-order valence-electron chi connectivity index (χ4n) is 0.997. The predicted octanol–water partition coefficient (Wildman–Crippen LogP) is 0.368. The lowest BCUT2D eigenvalue weighted by atomic mass is 10.2. The van der Waals surface area contributed by atoms with Gasteiger partial charge in [0.25, 0.3) is 0 Å². The van der Waals surface area contributed by atoms with Gasteiger partial charge in [0.2, 0.25) is 5.91 Å². The highest BCUT2D eigenvalue weighted by Crippen LogP contribution is 2.16. The first-order valence-electron chi connectivity index (χ1n) is 3.94. The molecule has 0 bridgehead atoms. The third kappa shape index (κ3) is 2.50. The highest BCUT2D eigenvalue weighted by Gasteiger charge is 2.07. The summed E-state index contributed by atoms with van der Waals surface area (Å²) in [5.74, 6) is -0.356. The monoisotopic (exact) mass is 200 g/mol. The fraction of sp³-hybridized carbons (Fsp3) is 0.500. The molecule has 0 aliphatic carbocycles. The minimum atomic E-state index is -0.463. The Hall–Kier alpha value is -0.940. The Kier molecular flexibility index (Phi) is 3.39. The number of carbonyl (C=O) groups is 1. The first-order valence-corrected chi connectivity index (χ1v) is 4.71. The minimum Gasteiger partial charge on any atom is -0.387 e. The van der Waals surface area contributed by atoms with Crippen molar-refractivity contribution >= 4 is 17.4 Å². The van der Waals surface area contributed by atoms with Gasteiger partial charge in [-0.2, -0.15) is 4.37 Å². The number of aliphatic hydroxyl groups excluding tert-OH is 1. The van der Waals surface area contributed by atoms with Crippen LogP contribution in [-0.4, -0.2) is 22.0 Å². The van der Waals surface area contributed by atoms with E-state index in [0.717, 1.165) is 16.1 Å². The van der Waals surface area contributed by atoms with Crippen molar-refractivity contribution < 1.29 is 9.90 Å². The summed E-state index contributed by atoms with van der Waals surface area (Å²) in [7, 11) is 0. The van der Waals surface area contributed by atoms with Gasteiger partial charge in [0.1, 0.15) is 6.61 Å². The van der Waals surface area contributed by atoms with E-state index in [1.807, 2.05) is 13.8 Å². The average Bonchev–Trinajstić information content (AvgIpc) is 2.43. The Balaban J connectivity index is 2.58. The van der Waals surface area contributed by atoms with Crippen LogP contribution in [-0.2, 0) is 11.3 Å². The van der Waals surface area contributed by atoms with E-state index in [1.54, 1.807) is 0 Å². The molecule has 0 radical (unpaired) electrons. The summed E-state index contributed by atoms with van der Waals surface area (Å²) in [5, 5.41) is 11.1. The summed E-state index contributed by atoms with van der Waals surface area (Å²) in [6, 6.07) is 0. The number of amides is 1. The highest BCUT2D eigenvalue weighted by molar-refractivity contribution is 7.05. The van der Waals surface area contributed by atoms with E-state index in [4.69, 9.17) is 5.11 Å². The van der Waals surface area contributed by atoms with E-state index < -0.39 is 6.61 Å². The second-order valence-corrected chi connectivity index (χ2v) is 3.72. The summed E-state index contributed by atoms with van der Waals surface area (Å²) >= 11 is 1.43. The Labute approximate surface area is 80.8 Å². The van der Waals surface area contributed by atoms with Crippen LogP contribution in [0.15, 0.2) is 0 Å². The maximum absolute atomic E-state index is 10.8. The number of aryl methyl sites for hydroxylation is 2. The fourth-order valence-corrected chi connectivity index (χ4v) is 1.71. The van der Waals surface area contributed by atoms with E-state index in [0.29, 0.717) is 6.54 Å². The van der Waals surface area contributed by atoms with Crippen molar-refractivity contribution in [3.63, 3.8) is 0 Å². The van der Waals surface area contributed by atoms with Gasteiger partial charge < -0.3 is 10.4 Å². The molecule has 5 heteroatoms. The van der Waals surface area contributed by atoms with Crippen molar-refractivity contribution in [1.29, 1.82) is 0 Å². The van der Waals surface area contributed by atoms with Gasteiger partial charge in [-0.15, -0.1) is 0 Å². The smallest absolute Gasteiger partial charge is 0.245 e. The first-order chi connectivity index (χ1) is 6.15. The van der Waals surface area contributed by atoms with E-state index in [1.165, 1.54) is 11.5 Å². The molecule has 0 aliphatic heterocycles. The standard InChI is InChI=1S/C8H12N2O2S/c1-5-7(6(2)13-10-5)3-9-8(12)4-11/h11H,3-4H2,1-2H3,(H,9,12). The zero-order valence-electron chi connectivity index (χ0n) is 7.63. The number of aromatic nitrogens is 1. The van der Waals surface area contributed by atoms with Crippen LogP contribution in [0.2, 0.25) is 0 Å². The minimum absolute atomic E-state index is 0.356. The lowest BCUT2D eigenvalue weighted by molar-refractivity contribution is -0.123. The largest absolute Gasteiger partial charge is 0.387 e. The maximum Gasteiger partial charge on any atom is 0.245 e. The molecule has 0 saturated carbocycles. The van der Waals surface area contributed by atoms with Crippen molar-refractivity contribution in [2.45, 2.75) is 20.4 Å². The lowest BCUT2D eigenvalue weighted by Gasteiger charge is -2.02. The van der Waals surface area contributed by atoms with E-state index in [2.05, 4.69) is 9.69 Å². The molecule has 0 fully saturated rings. The van der Waals surface area contributed by atoms with Crippen molar-refractivity contribution in [3.8, 4) is 0 Å². The molecule has 1 rings (SSSR count). The topological polar surface area (TPSA) is 62.2 Å². The molecule has 4 nitrogen and oxygen atoms in total. The molecular weight excluding hydrogens is 188 g/mol. The molecule has 1 aromatic heterocycles. The molecule has 1 amide bonds. The summed E-state index contributed by atoms with van der Waals surface area (Å²) < 4.78 is 4.15. The first kappa shape index (κ1) is 10.1. The second-order valence-electron chi connectivity index (χ2n) is 2.74.